The highest BCUT2D eigenvalue weighted by molar-refractivity contribution is 5.14. The average molecular weight is 248 g/mol. The lowest BCUT2D eigenvalue weighted by Crippen LogP contribution is -2.31. The van der Waals surface area contributed by atoms with Gasteiger partial charge in [-0.05, 0) is 39.2 Å². The van der Waals surface area contributed by atoms with E-state index in [0.29, 0.717) is 6.04 Å². The summed E-state index contributed by atoms with van der Waals surface area (Å²) in [6, 6.07) is 5.02. The molecule has 1 N–H and O–H groups in total. The minimum absolute atomic E-state index is 0.702. The SMILES string of the molecule is CNCc1ccc(CN2CCC(N(C)C)C2)nc1. The highest BCUT2D eigenvalue weighted by atomic mass is 15.2. The van der Waals surface area contributed by atoms with Crippen LogP contribution < -0.4 is 5.32 Å². The van der Waals surface area contributed by atoms with Crippen molar-refractivity contribution in [3.05, 3.63) is 29.6 Å². The van der Waals surface area contributed by atoms with E-state index in [2.05, 4.69) is 46.3 Å². The molecule has 1 saturated heterocycles. The first-order chi connectivity index (χ1) is 8.69. The van der Waals surface area contributed by atoms with E-state index in [4.69, 9.17) is 0 Å². The molecule has 0 saturated carbocycles. The maximum atomic E-state index is 4.54. The van der Waals surface area contributed by atoms with Crippen LogP contribution in [0.3, 0.4) is 0 Å². The van der Waals surface area contributed by atoms with E-state index < -0.39 is 0 Å². The molecule has 2 heterocycles. The zero-order valence-electron chi connectivity index (χ0n) is 11.7. The summed E-state index contributed by atoms with van der Waals surface area (Å²) in [5, 5.41) is 3.14. The summed E-state index contributed by atoms with van der Waals surface area (Å²) < 4.78 is 0. The standard InChI is InChI=1S/C14H24N4/c1-15-8-12-4-5-13(16-9-12)10-18-7-6-14(11-18)17(2)3/h4-5,9,14-15H,6-8,10-11H2,1-3H3. The Bertz CT molecular complexity index is 361. The van der Waals surface area contributed by atoms with Crippen LogP contribution in [0, 0.1) is 0 Å². The summed E-state index contributed by atoms with van der Waals surface area (Å²) in [6.07, 6.45) is 3.25. The number of hydrogen-bond donors (Lipinski definition) is 1. The first kappa shape index (κ1) is 13.5. The first-order valence-electron chi connectivity index (χ1n) is 6.66. The predicted octanol–water partition coefficient (Wildman–Crippen LogP) is 0.937. The number of likely N-dealkylation sites (N-methyl/N-ethyl adjacent to an activating group) is 1. The van der Waals surface area contributed by atoms with E-state index in [0.717, 1.165) is 19.6 Å². The van der Waals surface area contributed by atoms with Gasteiger partial charge in [0.15, 0.2) is 0 Å². The van der Waals surface area contributed by atoms with Crippen LogP contribution in [0.5, 0.6) is 0 Å². The second-order valence-electron chi connectivity index (χ2n) is 5.33. The Hall–Kier alpha value is -0.970. The molecule has 0 bridgehead atoms. The smallest absolute Gasteiger partial charge is 0.0544 e. The molecule has 2 rings (SSSR count). The molecule has 0 amide bonds. The van der Waals surface area contributed by atoms with Crippen LogP contribution >= 0.6 is 0 Å². The van der Waals surface area contributed by atoms with Crippen molar-refractivity contribution in [2.24, 2.45) is 0 Å². The second kappa shape index (κ2) is 6.27. The second-order valence-corrected chi connectivity index (χ2v) is 5.33. The Labute approximate surface area is 110 Å². The van der Waals surface area contributed by atoms with E-state index in [1.54, 1.807) is 0 Å². The fourth-order valence-electron chi connectivity index (χ4n) is 2.46. The minimum atomic E-state index is 0.702. The van der Waals surface area contributed by atoms with Crippen molar-refractivity contribution in [1.82, 2.24) is 20.1 Å². The van der Waals surface area contributed by atoms with Crippen LogP contribution in [-0.2, 0) is 13.1 Å². The number of likely N-dealkylation sites (tertiary alicyclic amines) is 1. The van der Waals surface area contributed by atoms with Gasteiger partial charge in [0.05, 0.1) is 5.69 Å². The highest BCUT2D eigenvalue weighted by Crippen LogP contribution is 2.15. The van der Waals surface area contributed by atoms with Crippen LogP contribution in [0.1, 0.15) is 17.7 Å². The van der Waals surface area contributed by atoms with Gasteiger partial charge in [-0.25, -0.2) is 0 Å². The molecule has 0 aromatic carbocycles. The number of rotatable bonds is 5. The topological polar surface area (TPSA) is 31.4 Å². The van der Waals surface area contributed by atoms with E-state index >= 15 is 0 Å². The molecule has 1 aromatic heterocycles. The van der Waals surface area contributed by atoms with Gasteiger partial charge < -0.3 is 10.2 Å². The van der Waals surface area contributed by atoms with Crippen LogP contribution in [0.15, 0.2) is 18.3 Å². The van der Waals surface area contributed by atoms with Gasteiger partial charge >= 0.3 is 0 Å². The zero-order chi connectivity index (χ0) is 13.0. The van der Waals surface area contributed by atoms with Gasteiger partial charge in [-0.2, -0.15) is 0 Å². The molecule has 1 fully saturated rings. The number of nitrogens with one attached hydrogen (secondary N) is 1. The molecule has 4 nitrogen and oxygen atoms in total. The summed E-state index contributed by atoms with van der Waals surface area (Å²) in [6.45, 7) is 4.21. The maximum absolute atomic E-state index is 4.54. The molecule has 0 spiro atoms. The maximum Gasteiger partial charge on any atom is 0.0544 e. The average Bonchev–Trinajstić information content (AvgIpc) is 2.81. The number of pyridine rings is 1. The first-order valence-corrected chi connectivity index (χ1v) is 6.66. The van der Waals surface area contributed by atoms with Crippen LogP contribution in [-0.4, -0.2) is 55.1 Å². The molecule has 18 heavy (non-hydrogen) atoms. The molecule has 0 aliphatic carbocycles. The Morgan fingerprint density at radius 2 is 2.28 bits per heavy atom. The van der Waals surface area contributed by atoms with Crippen molar-refractivity contribution < 1.29 is 0 Å². The molecule has 100 valence electrons. The highest BCUT2D eigenvalue weighted by Gasteiger charge is 2.23. The lowest BCUT2D eigenvalue weighted by Gasteiger charge is -2.20. The fourth-order valence-corrected chi connectivity index (χ4v) is 2.46. The third-order valence-electron chi connectivity index (χ3n) is 3.63. The third-order valence-corrected chi connectivity index (χ3v) is 3.63. The number of hydrogen-bond acceptors (Lipinski definition) is 4. The molecule has 0 radical (unpaired) electrons. The van der Waals surface area contributed by atoms with Crippen LogP contribution in [0.25, 0.3) is 0 Å². The van der Waals surface area contributed by atoms with E-state index in [1.165, 1.54) is 24.2 Å². The molecular formula is C14H24N4. The van der Waals surface area contributed by atoms with Gasteiger partial charge in [0.2, 0.25) is 0 Å². The van der Waals surface area contributed by atoms with E-state index in [-0.39, 0.29) is 0 Å². The lowest BCUT2D eigenvalue weighted by atomic mass is 10.2. The van der Waals surface area contributed by atoms with Crippen LogP contribution in [0.2, 0.25) is 0 Å². The Morgan fingerprint density at radius 3 is 2.83 bits per heavy atom. The van der Waals surface area contributed by atoms with Crippen molar-refractivity contribution in [2.75, 3.05) is 34.2 Å². The lowest BCUT2D eigenvalue weighted by molar-refractivity contribution is 0.263. The molecule has 4 heteroatoms. The van der Waals surface area contributed by atoms with Gasteiger partial charge in [-0.1, -0.05) is 6.07 Å². The fraction of sp³-hybridized carbons (Fsp3) is 0.643. The largest absolute Gasteiger partial charge is 0.316 e. The normalized spacial score (nSPS) is 20.8. The molecular weight excluding hydrogens is 224 g/mol. The summed E-state index contributed by atoms with van der Waals surface area (Å²) in [5.41, 5.74) is 2.42. The third kappa shape index (κ3) is 3.51. The molecule has 1 aromatic rings. The van der Waals surface area contributed by atoms with Crippen molar-refractivity contribution in [2.45, 2.75) is 25.6 Å². The van der Waals surface area contributed by atoms with Crippen LogP contribution in [0.4, 0.5) is 0 Å². The number of aromatic nitrogens is 1. The summed E-state index contributed by atoms with van der Waals surface area (Å²) in [4.78, 5) is 9.35. The van der Waals surface area contributed by atoms with Crippen molar-refractivity contribution in [3.63, 3.8) is 0 Å². The van der Waals surface area contributed by atoms with Gasteiger partial charge in [-0.15, -0.1) is 0 Å². The van der Waals surface area contributed by atoms with E-state index in [1.807, 2.05) is 13.2 Å². The molecule has 1 aliphatic heterocycles. The monoisotopic (exact) mass is 248 g/mol. The van der Waals surface area contributed by atoms with E-state index in [9.17, 15) is 0 Å². The Balaban J connectivity index is 1.86. The Morgan fingerprint density at radius 1 is 1.44 bits per heavy atom. The van der Waals surface area contributed by atoms with Crippen molar-refractivity contribution in [3.8, 4) is 0 Å². The summed E-state index contributed by atoms with van der Waals surface area (Å²) in [5.74, 6) is 0. The summed E-state index contributed by atoms with van der Waals surface area (Å²) >= 11 is 0. The molecule has 1 atom stereocenters. The number of nitrogens with zero attached hydrogens (tertiary/aromatic N) is 3. The zero-order valence-corrected chi connectivity index (χ0v) is 11.7. The summed E-state index contributed by atoms with van der Waals surface area (Å²) in [7, 11) is 6.29. The van der Waals surface area contributed by atoms with Crippen molar-refractivity contribution in [1.29, 1.82) is 0 Å². The van der Waals surface area contributed by atoms with Gasteiger partial charge in [0.1, 0.15) is 0 Å². The van der Waals surface area contributed by atoms with Gasteiger partial charge in [0, 0.05) is 38.4 Å². The molecule has 1 aliphatic rings. The quantitative estimate of drug-likeness (QED) is 0.840. The van der Waals surface area contributed by atoms with Gasteiger partial charge in [-0.3, -0.25) is 9.88 Å². The Kier molecular flexibility index (Phi) is 4.69. The predicted molar refractivity (Wildman–Crippen MR) is 74.4 cm³/mol. The van der Waals surface area contributed by atoms with Gasteiger partial charge in [0.25, 0.3) is 0 Å². The molecule has 1 unspecified atom stereocenters. The van der Waals surface area contributed by atoms with Crippen molar-refractivity contribution >= 4 is 0 Å². The minimum Gasteiger partial charge on any atom is -0.316 e.